The van der Waals surface area contributed by atoms with Gasteiger partial charge in [0.2, 0.25) is 0 Å². The van der Waals surface area contributed by atoms with Crippen LogP contribution in [0.25, 0.3) is 0 Å². The van der Waals surface area contributed by atoms with Crippen molar-refractivity contribution in [1.29, 1.82) is 0 Å². The van der Waals surface area contributed by atoms with Crippen molar-refractivity contribution in [1.82, 2.24) is 4.98 Å². The van der Waals surface area contributed by atoms with Crippen LogP contribution < -0.4 is 10.6 Å². The number of esters is 1. The quantitative estimate of drug-likeness (QED) is 0.647. The lowest BCUT2D eigenvalue weighted by Crippen LogP contribution is -2.14. The average molecular weight is 383 g/mol. The van der Waals surface area contributed by atoms with Crippen molar-refractivity contribution < 1.29 is 23.1 Å². The van der Waals surface area contributed by atoms with E-state index in [1.54, 1.807) is 30.3 Å². The Bertz CT molecular complexity index is 1020. The summed E-state index contributed by atoms with van der Waals surface area (Å²) >= 11 is 0. The molecule has 0 saturated heterocycles. The number of halogens is 2. The van der Waals surface area contributed by atoms with Gasteiger partial charge in [-0.3, -0.25) is 4.79 Å². The molecule has 2 N–H and O–H groups in total. The smallest absolute Gasteiger partial charge is 0.337 e. The van der Waals surface area contributed by atoms with Crippen molar-refractivity contribution in [3.63, 3.8) is 0 Å². The van der Waals surface area contributed by atoms with E-state index in [1.165, 1.54) is 19.4 Å². The zero-order valence-electron chi connectivity index (χ0n) is 14.7. The van der Waals surface area contributed by atoms with E-state index in [1.807, 2.05) is 0 Å². The van der Waals surface area contributed by atoms with Crippen molar-refractivity contribution in [2.24, 2.45) is 0 Å². The Balaban J connectivity index is 1.69. The second kappa shape index (κ2) is 8.26. The second-order valence-corrected chi connectivity index (χ2v) is 5.71. The fraction of sp³-hybridized carbons (Fsp3) is 0.0500. The van der Waals surface area contributed by atoms with Gasteiger partial charge in [0.25, 0.3) is 5.91 Å². The van der Waals surface area contributed by atoms with Crippen LogP contribution in [0, 0.1) is 11.6 Å². The summed E-state index contributed by atoms with van der Waals surface area (Å²) < 4.78 is 31.2. The van der Waals surface area contributed by atoms with Gasteiger partial charge in [0.1, 0.15) is 17.3 Å². The van der Waals surface area contributed by atoms with E-state index >= 15 is 0 Å². The number of nitrogens with zero attached hydrogens (tertiary/aromatic N) is 1. The molecule has 3 aromatic rings. The predicted octanol–water partition coefficient (Wildman–Crippen LogP) is 4.14. The third-order valence-electron chi connectivity index (χ3n) is 3.75. The number of carbonyl (C=O) groups excluding carboxylic acids is 2. The third kappa shape index (κ3) is 4.47. The van der Waals surface area contributed by atoms with Crippen molar-refractivity contribution >= 4 is 28.9 Å². The third-order valence-corrected chi connectivity index (χ3v) is 3.75. The average Bonchev–Trinajstić information content (AvgIpc) is 2.70. The molecule has 0 fully saturated rings. The summed E-state index contributed by atoms with van der Waals surface area (Å²) in [7, 11) is 1.30. The molecule has 8 heteroatoms. The summed E-state index contributed by atoms with van der Waals surface area (Å²) in [6.07, 6.45) is 1.42. The predicted molar refractivity (Wildman–Crippen MR) is 99.6 cm³/mol. The Kier molecular flexibility index (Phi) is 5.59. The van der Waals surface area contributed by atoms with Gasteiger partial charge in [-0.25, -0.2) is 18.6 Å². The Morgan fingerprint density at radius 1 is 1.00 bits per heavy atom. The van der Waals surface area contributed by atoms with Gasteiger partial charge in [-0.2, -0.15) is 0 Å². The topological polar surface area (TPSA) is 80.3 Å². The van der Waals surface area contributed by atoms with Gasteiger partial charge in [0.15, 0.2) is 0 Å². The highest BCUT2D eigenvalue weighted by molar-refractivity contribution is 6.03. The van der Waals surface area contributed by atoms with Crippen molar-refractivity contribution in [3.05, 3.63) is 83.7 Å². The lowest BCUT2D eigenvalue weighted by molar-refractivity contribution is 0.0600. The summed E-state index contributed by atoms with van der Waals surface area (Å²) in [6, 6.07) is 12.6. The molecule has 0 bridgehead atoms. The standard InChI is InChI=1S/C20H15F2N3O3/c1-28-20(27)12-3-2-4-14(9-12)24-15-6-8-18(23-11-15)19(26)25-17-7-5-13(21)10-16(17)22/h2-11,24H,1H3,(H,25,26). The molecule has 0 aliphatic heterocycles. The summed E-state index contributed by atoms with van der Waals surface area (Å²) in [5, 5.41) is 5.39. The van der Waals surface area contributed by atoms with Gasteiger partial charge in [0.05, 0.1) is 30.2 Å². The molecule has 28 heavy (non-hydrogen) atoms. The minimum atomic E-state index is -0.878. The molecule has 142 valence electrons. The van der Waals surface area contributed by atoms with Crippen LogP contribution in [-0.4, -0.2) is 24.0 Å². The normalized spacial score (nSPS) is 10.2. The summed E-state index contributed by atoms with van der Waals surface area (Å²) in [6.45, 7) is 0. The van der Waals surface area contributed by atoms with E-state index < -0.39 is 23.5 Å². The first-order chi connectivity index (χ1) is 13.5. The maximum absolute atomic E-state index is 13.6. The molecule has 1 aromatic heterocycles. The number of hydrogen-bond donors (Lipinski definition) is 2. The Morgan fingerprint density at radius 3 is 2.50 bits per heavy atom. The molecule has 0 atom stereocenters. The molecule has 0 saturated carbocycles. The first kappa shape index (κ1) is 19.0. The van der Waals surface area contributed by atoms with E-state index in [0.717, 1.165) is 12.1 Å². The number of pyridine rings is 1. The van der Waals surface area contributed by atoms with Crippen molar-refractivity contribution in [3.8, 4) is 0 Å². The minimum Gasteiger partial charge on any atom is -0.465 e. The molecule has 6 nitrogen and oxygen atoms in total. The highest BCUT2D eigenvalue weighted by Crippen LogP contribution is 2.19. The highest BCUT2D eigenvalue weighted by atomic mass is 19.1. The molecule has 0 spiro atoms. The number of benzene rings is 2. The number of carbonyl (C=O) groups is 2. The van der Waals surface area contributed by atoms with E-state index in [-0.39, 0.29) is 11.4 Å². The molecule has 2 aromatic carbocycles. The first-order valence-corrected chi connectivity index (χ1v) is 8.14. The number of methoxy groups -OCH3 is 1. The minimum absolute atomic E-state index is 0.0533. The maximum atomic E-state index is 13.6. The molecule has 1 heterocycles. The number of rotatable bonds is 5. The number of anilines is 3. The summed E-state index contributed by atoms with van der Waals surface area (Å²) in [5.74, 6) is -2.70. The number of hydrogen-bond acceptors (Lipinski definition) is 5. The number of aromatic nitrogens is 1. The van der Waals surface area contributed by atoms with E-state index in [2.05, 4.69) is 20.4 Å². The SMILES string of the molecule is COC(=O)c1cccc(Nc2ccc(C(=O)Nc3ccc(F)cc3F)nc2)c1. The molecular weight excluding hydrogens is 368 g/mol. The monoisotopic (exact) mass is 383 g/mol. The fourth-order valence-electron chi connectivity index (χ4n) is 2.39. The van der Waals surface area contributed by atoms with Gasteiger partial charge >= 0.3 is 5.97 Å². The number of ether oxygens (including phenoxy) is 1. The first-order valence-electron chi connectivity index (χ1n) is 8.14. The molecule has 0 unspecified atom stereocenters. The van der Waals surface area contributed by atoms with Gasteiger partial charge < -0.3 is 15.4 Å². The summed E-state index contributed by atoms with van der Waals surface area (Å²) in [5.41, 5.74) is 1.51. The molecule has 1 amide bonds. The highest BCUT2D eigenvalue weighted by Gasteiger charge is 2.12. The van der Waals surface area contributed by atoms with Crippen LogP contribution in [0.4, 0.5) is 25.8 Å². The van der Waals surface area contributed by atoms with Gasteiger partial charge in [-0.15, -0.1) is 0 Å². The summed E-state index contributed by atoms with van der Waals surface area (Å²) in [4.78, 5) is 27.8. The Morgan fingerprint density at radius 2 is 1.82 bits per heavy atom. The van der Waals surface area contributed by atoms with Crippen LogP contribution in [0.15, 0.2) is 60.8 Å². The van der Waals surface area contributed by atoms with Crippen LogP contribution in [0.1, 0.15) is 20.8 Å². The van der Waals surface area contributed by atoms with Crippen molar-refractivity contribution in [2.75, 3.05) is 17.7 Å². The fourth-order valence-corrected chi connectivity index (χ4v) is 2.39. The van der Waals surface area contributed by atoms with Crippen LogP contribution in [0.5, 0.6) is 0 Å². The molecule has 0 aliphatic carbocycles. The zero-order chi connectivity index (χ0) is 20.1. The number of amides is 1. The zero-order valence-corrected chi connectivity index (χ0v) is 14.7. The Labute approximate surface area is 159 Å². The van der Waals surface area contributed by atoms with Gasteiger partial charge in [-0.05, 0) is 42.5 Å². The van der Waals surface area contributed by atoms with E-state index in [4.69, 9.17) is 0 Å². The van der Waals surface area contributed by atoms with Crippen LogP contribution >= 0.6 is 0 Å². The largest absolute Gasteiger partial charge is 0.465 e. The maximum Gasteiger partial charge on any atom is 0.337 e. The van der Waals surface area contributed by atoms with Gasteiger partial charge in [-0.1, -0.05) is 6.07 Å². The van der Waals surface area contributed by atoms with Crippen LogP contribution in [-0.2, 0) is 4.74 Å². The Hall–Kier alpha value is -3.81. The molecule has 3 rings (SSSR count). The van der Waals surface area contributed by atoms with E-state index in [0.29, 0.717) is 23.0 Å². The van der Waals surface area contributed by atoms with Crippen LogP contribution in [0.2, 0.25) is 0 Å². The van der Waals surface area contributed by atoms with E-state index in [9.17, 15) is 18.4 Å². The van der Waals surface area contributed by atoms with Crippen LogP contribution in [0.3, 0.4) is 0 Å². The number of nitrogens with one attached hydrogen (secondary N) is 2. The van der Waals surface area contributed by atoms with Crippen molar-refractivity contribution in [2.45, 2.75) is 0 Å². The van der Waals surface area contributed by atoms with Gasteiger partial charge in [0, 0.05) is 11.8 Å². The lowest BCUT2D eigenvalue weighted by Gasteiger charge is -2.09. The lowest BCUT2D eigenvalue weighted by atomic mass is 10.2. The molecule has 0 radical (unpaired) electrons. The molecular formula is C20H15F2N3O3. The second-order valence-electron chi connectivity index (χ2n) is 5.71. The molecule has 0 aliphatic rings.